The predicted molar refractivity (Wildman–Crippen MR) is 90.4 cm³/mol. The molecule has 2 rings (SSSR count). The SMILES string of the molecule is O=C(Nc1cc(Cl)c(Cl)cc1Cl)/C(Cl)=C/c1ccccc1. The smallest absolute Gasteiger partial charge is 0.267 e. The first-order valence-corrected chi connectivity index (χ1v) is 7.36. The highest BCUT2D eigenvalue weighted by Crippen LogP contribution is 2.32. The monoisotopic (exact) mass is 359 g/mol. The summed E-state index contributed by atoms with van der Waals surface area (Å²) in [4.78, 5) is 12.0. The van der Waals surface area contributed by atoms with Gasteiger partial charge in [-0.05, 0) is 23.8 Å². The molecule has 0 radical (unpaired) electrons. The Labute approximate surface area is 142 Å². The van der Waals surface area contributed by atoms with Gasteiger partial charge in [0.15, 0.2) is 0 Å². The van der Waals surface area contributed by atoms with Gasteiger partial charge in [-0.2, -0.15) is 0 Å². The van der Waals surface area contributed by atoms with Crippen molar-refractivity contribution in [2.24, 2.45) is 0 Å². The van der Waals surface area contributed by atoms with Crippen molar-refractivity contribution < 1.29 is 4.79 Å². The minimum atomic E-state index is -0.485. The molecule has 1 amide bonds. The van der Waals surface area contributed by atoms with Crippen molar-refractivity contribution in [2.75, 3.05) is 5.32 Å². The molecular formula is C15H9Cl4NO. The molecule has 1 N–H and O–H groups in total. The molecule has 0 saturated carbocycles. The fourth-order valence-electron chi connectivity index (χ4n) is 1.56. The van der Waals surface area contributed by atoms with E-state index in [1.165, 1.54) is 12.1 Å². The molecule has 0 aliphatic rings. The van der Waals surface area contributed by atoms with Crippen LogP contribution in [0.15, 0.2) is 47.5 Å². The van der Waals surface area contributed by atoms with Gasteiger partial charge < -0.3 is 5.32 Å². The zero-order chi connectivity index (χ0) is 15.4. The molecule has 0 unspecified atom stereocenters. The van der Waals surface area contributed by atoms with E-state index >= 15 is 0 Å². The summed E-state index contributed by atoms with van der Waals surface area (Å²) in [5, 5.41) is 3.50. The molecule has 0 aliphatic carbocycles. The zero-order valence-electron chi connectivity index (χ0n) is 10.5. The molecular weight excluding hydrogens is 352 g/mol. The van der Waals surface area contributed by atoms with E-state index in [4.69, 9.17) is 46.4 Å². The van der Waals surface area contributed by atoms with Crippen LogP contribution in [0.1, 0.15) is 5.56 Å². The molecule has 0 bridgehead atoms. The topological polar surface area (TPSA) is 29.1 Å². The first-order chi connectivity index (χ1) is 9.97. The molecule has 0 fully saturated rings. The van der Waals surface area contributed by atoms with Gasteiger partial charge in [0.25, 0.3) is 5.91 Å². The number of carbonyl (C=O) groups is 1. The van der Waals surface area contributed by atoms with Gasteiger partial charge in [-0.25, -0.2) is 0 Å². The maximum absolute atomic E-state index is 12.0. The van der Waals surface area contributed by atoms with E-state index in [1.54, 1.807) is 6.08 Å². The van der Waals surface area contributed by atoms with Gasteiger partial charge in [0.1, 0.15) is 5.03 Å². The van der Waals surface area contributed by atoms with E-state index < -0.39 is 5.91 Å². The number of halogens is 4. The van der Waals surface area contributed by atoms with E-state index in [2.05, 4.69) is 5.32 Å². The average Bonchev–Trinajstić information content (AvgIpc) is 2.45. The van der Waals surface area contributed by atoms with Crippen LogP contribution >= 0.6 is 46.4 Å². The Morgan fingerprint density at radius 3 is 2.24 bits per heavy atom. The Morgan fingerprint density at radius 1 is 0.952 bits per heavy atom. The summed E-state index contributed by atoms with van der Waals surface area (Å²) < 4.78 is 0. The number of anilines is 1. The molecule has 0 saturated heterocycles. The number of hydrogen-bond donors (Lipinski definition) is 1. The van der Waals surface area contributed by atoms with Crippen LogP contribution in [0.2, 0.25) is 15.1 Å². The lowest BCUT2D eigenvalue weighted by molar-refractivity contribution is -0.112. The standard InChI is InChI=1S/C15H9Cl4NO/c16-10-7-12(18)14(8-11(10)17)20-15(21)13(19)6-9-4-2-1-3-5-9/h1-8H,(H,20,21)/b13-6-. The second-order valence-corrected chi connectivity index (χ2v) is 5.73. The van der Waals surface area contributed by atoms with Gasteiger partial charge in [0.2, 0.25) is 0 Å². The normalized spacial score (nSPS) is 11.3. The van der Waals surface area contributed by atoms with Crippen LogP contribution in [0.5, 0.6) is 0 Å². The van der Waals surface area contributed by atoms with E-state index in [0.717, 1.165) is 5.56 Å². The summed E-state index contributed by atoms with van der Waals surface area (Å²) in [5.41, 5.74) is 1.16. The van der Waals surface area contributed by atoms with Crippen LogP contribution in [0.3, 0.4) is 0 Å². The summed E-state index contributed by atoms with van der Waals surface area (Å²) in [6.07, 6.45) is 1.56. The summed E-state index contributed by atoms with van der Waals surface area (Å²) in [5.74, 6) is -0.485. The Hall–Kier alpha value is -1.19. The number of nitrogens with one attached hydrogen (secondary N) is 1. The van der Waals surface area contributed by atoms with Crippen molar-refractivity contribution in [2.45, 2.75) is 0 Å². The van der Waals surface area contributed by atoms with E-state index in [9.17, 15) is 4.79 Å². The van der Waals surface area contributed by atoms with Crippen molar-refractivity contribution in [3.8, 4) is 0 Å². The number of amides is 1. The molecule has 2 aromatic carbocycles. The fraction of sp³-hybridized carbons (Fsp3) is 0. The first-order valence-electron chi connectivity index (χ1n) is 5.85. The van der Waals surface area contributed by atoms with E-state index in [-0.39, 0.29) is 10.1 Å². The lowest BCUT2D eigenvalue weighted by Crippen LogP contribution is -2.11. The molecule has 6 heteroatoms. The van der Waals surface area contributed by atoms with Crippen molar-refractivity contribution in [3.05, 3.63) is 68.1 Å². The van der Waals surface area contributed by atoms with Crippen molar-refractivity contribution >= 4 is 64.1 Å². The van der Waals surface area contributed by atoms with Gasteiger partial charge >= 0.3 is 0 Å². The van der Waals surface area contributed by atoms with Crippen LogP contribution in [-0.4, -0.2) is 5.91 Å². The van der Waals surface area contributed by atoms with Crippen LogP contribution in [0.25, 0.3) is 6.08 Å². The maximum atomic E-state index is 12.0. The second-order valence-electron chi connectivity index (χ2n) is 4.10. The average molecular weight is 361 g/mol. The molecule has 0 aromatic heterocycles. The van der Waals surface area contributed by atoms with E-state index in [0.29, 0.717) is 15.7 Å². The third-order valence-corrected chi connectivity index (χ3v) is 3.88. The van der Waals surface area contributed by atoms with Gasteiger partial charge in [0.05, 0.1) is 20.8 Å². The number of rotatable bonds is 3. The molecule has 0 atom stereocenters. The maximum Gasteiger partial charge on any atom is 0.267 e. The van der Waals surface area contributed by atoms with Crippen LogP contribution in [-0.2, 0) is 4.79 Å². The minimum Gasteiger partial charge on any atom is -0.320 e. The lowest BCUT2D eigenvalue weighted by atomic mass is 10.2. The Bertz CT molecular complexity index is 698. The molecule has 2 nitrogen and oxygen atoms in total. The molecule has 108 valence electrons. The van der Waals surface area contributed by atoms with Gasteiger partial charge in [-0.3, -0.25) is 4.79 Å². The molecule has 0 spiro atoms. The number of carbonyl (C=O) groups excluding carboxylic acids is 1. The Kier molecular flexibility index (Phi) is 5.54. The fourth-order valence-corrected chi connectivity index (χ4v) is 2.33. The van der Waals surface area contributed by atoms with Gasteiger partial charge in [0, 0.05) is 0 Å². The minimum absolute atomic E-state index is 0.0309. The van der Waals surface area contributed by atoms with Crippen LogP contribution < -0.4 is 5.32 Å². The zero-order valence-corrected chi connectivity index (χ0v) is 13.6. The molecule has 0 heterocycles. The Morgan fingerprint density at radius 2 is 1.57 bits per heavy atom. The summed E-state index contributed by atoms with van der Waals surface area (Å²) >= 11 is 23.7. The summed E-state index contributed by atoms with van der Waals surface area (Å²) in [6, 6.07) is 12.2. The van der Waals surface area contributed by atoms with Gasteiger partial charge in [-0.1, -0.05) is 76.7 Å². The van der Waals surface area contributed by atoms with Crippen LogP contribution in [0, 0.1) is 0 Å². The lowest BCUT2D eigenvalue weighted by Gasteiger charge is -2.08. The quantitative estimate of drug-likeness (QED) is 0.538. The number of benzene rings is 2. The largest absolute Gasteiger partial charge is 0.320 e. The third-order valence-electron chi connectivity index (χ3n) is 2.57. The van der Waals surface area contributed by atoms with E-state index in [1.807, 2.05) is 30.3 Å². The molecule has 0 aliphatic heterocycles. The summed E-state index contributed by atoms with van der Waals surface area (Å²) in [6.45, 7) is 0. The predicted octanol–water partition coefficient (Wildman–Crippen LogP) is 5.87. The van der Waals surface area contributed by atoms with Crippen molar-refractivity contribution in [3.63, 3.8) is 0 Å². The highest BCUT2D eigenvalue weighted by atomic mass is 35.5. The van der Waals surface area contributed by atoms with Crippen molar-refractivity contribution in [1.82, 2.24) is 0 Å². The molecule has 2 aromatic rings. The number of hydrogen-bond acceptors (Lipinski definition) is 1. The first kappa shape index (κ1) is 16.2. The highest BCUT2D eigenvalue weighted by molar-refractivity contribution is 6.47. The second kappa shape index (κ2) is 7.19. The van der Waals surface area contributed by atoms with Crippen LogP contribution in [0.4, 0.5) is 5.69 Å². The Balaban J connectivity index is 2.18. The third kappa shape index (κ3) is 4.39. The van der Waals surface area contributed by atoms with Crippen molar-refractivity contribution in [1.29, 1.82) is 0 Å². The summed E-state index contributed by atoms with van der Waals surface area (Å²) in [7, 11) is 0. The van der Waals surface area contributed by atoms with Gasteiger partial charge in [-0.15, -0.1) is 0 Å². The molecule has 21 heavy (non-hydrogen) atoms. The highest BCUT2D eigenvalue weighted by Gasteiger charge is 2.12.